The maximum atomic E-state index is 11.2. The van der Waals surface area contributed by atoms with Gasteiger partial charge in [0, 0.05) is 12.3 Å². The first-order chi connectivity index (χ1) is 9.06. The molecule has 1 unspecified atom stereocenters. The second kappa shape index (κ2) is 5.45. The van der Waals surface area contributed by atoms with Gasteiger partial charge in [0.25, 0.3) is 0 Å². The number of aliphatic carboxylic acids is 1. The van der Waals surface area contributed by atoms with E-state index in [2.05, 4.69) is 9.97 Å². The van der Waals surface area contributed by atoms with E-state index < -0.39 is 12.0 Å². The number of nitrogens with one attached hydrogen (secondary N) is 1. The summed E-state index contributed by atoms with van der Waals surface area (Å²) in [5.74, 6) is -1.04. The Bertz CT molecular complexity index is 634. The quantitative estimate of drug-likeness (QED) is 0.736. The topological polar surface area (TPSA) is 109 Å². The molecule has 0 fully saturated rings. The highest BCUT2D eigenvalue weighted by atomic mass is 16.4. The summed E-state index contributed by atoms with van der Waals surface area (Å²) in [7, 11) is 0. The predicted molar refractivity (Wildman–Crippen MR) is 69.6 cm³/mol. The molecule has 0 spiro atoms. The maximum Gasteiger partial charge on any atom is 0.320 e. The third kappa shape index (κ3) is 3.26. The van der Waals surface area contributed by atoms with Crippen LogP contribution in [0.25, 0.3) is 11.4 Å². The number of H-pyrrole nitrogens is 1. The molecule has 6 heteroatoms. The summed E-state index contributed by atoms with van der Waals surface area (Å²) in [6, 6.07) is 7.33. The summed E-state index contributed by atoms with van der Waals surface area (Å²) in [5.41, 5.74) is 7.21. The van der Waals surface area contributed by atoms with Gasteiger partial charge in [-0.25, -0.2) is 0 Å². The minimum absolute atomic E-state index is 0.198. The monoisotopic (exact) mass is 259 g/mol. The van der Waals surface area contributed by atoms with E-state index in [4.69, 9.17) is 10.8 Å². The molecule has 98 valence electrons. The first-order valence-electron chi connectivity index (χ1n) is 5.69. The van der Waals surface area contributed by atoms with Crippen molar-refractivity contribution in [1.29, 1.82) is 0 Å². The van der Waals surface area contributed by atoms with Crippen LogP contribution in [0, 0.1) is 0 Å². The van der Waals surface area contributed by atoms with Crippen molar-refractivity contribution in [3.63, 3.8) is 0 Å². The van der Waals surface area contributed by atoms with Crippen LogP contribution in [0.15, 0.2) is 41.3 Å². The zero-order valence-electron chi connectivity index (χ0n) is 10.0. The Morgan fingerprint density at radius 2 is 2.16 bits per heavy atom. The van der Waals surface area contributed by atoms with Gasteiger partial charge >= 0.3 is 5.97 Å². The van der Waals surface area contributed by atoms with Crippen molar-refractivity contribution >= 4 is 5.97 Å². The number of carboxylic acid groups (broad SMARTS) is 1. The average molecular weight is 259 g/mol. The number of nitrogens with zero attached hydrogens (tertiary/aromatic N) is 1. The zero-order chi connectivity index (χ0) is 13.8. The number of pyridine rings is 2. The van der Waals surface area contributed by atoms with Gasteiger partial charge in [-0.3, -0.25) is 14.6 Å². The van der Waals surface area contributed by atoms with Crippen molar-refractivity contribution in [2.24, 2.45) is 5.73 Å². The van der Waals surface area contributed by atoms with E-state index in [0.29, 0.717) is 11.4 Å². The largest absolute Gasteiger partial charge is 0.480 e. The van der Waals surface area contributed by atoms with Crippen molar-refractivity contribution in [1.82, 2.24) is 9.97 Å². The van der Waals surface area contributed by atoms with Gasteiger partial charge in [0.05, 0.1) is 11.4 Å². The summed E-state index contributed by atoms with van der Waals surface area (Å²) in [4.78, 5) is 28.7. The van der Waals surface area contributed by atoms with Crippen molar-refractivity contribution < 1.29 is 9.90 Å². The van der Waals surface area contributed by atoms with Gasteiger partial charge < -0.3 is 15.8 Å². The number of nitrogens with two attached hydrogens (primary N) is 1. The lowest BCUT2D eigenvalue weighted by atomic mass is 10.1. The van der Waals surface area contributed by atoms with Crippen molar-refractivity contribution in [3.05, 3.63) is 52.4 Å². The molecule has 0 saturated heterocycles. The number of hydrogen-bond donors (Lipinski definition) is 3. The Morgan fingerprint density at radius 3 is 2.74 bits per heavy atom. The molecule has 0 aliphatic heterocycles. The van der Waals surface area contributed by atoms with Crippen LogP contribution in [0.4, 0.5) is 0 Å². The van der Waals surface area contributed by atoms with Gasteiger partial charge in [-0.1, -0.05) is 12.1 Å². The Hall–Kier alpha value is -2.47. The van der Waals surface area contributed by atoms with E-state index in [0.717, 1.165) is 5.56 Å². The fourth-order valence-electron chi connectivity index (χ4n) is 1.64. The van der Waals surface area contributed by atoms with Crippen LogP contribution in [-0.4, -0.2) is 27.1 Å². The Balaban J connectivity index is 2.19. The van der Waals surface area contributed by atoms with E-state index in [9.17, 15) is 9.59 Å². The predicted octanol–water partition coefficient (Wildman–Crippen LogP) is 0.391. The van der Waals surface area contributed by atoms with Gasteiger partial charge in [0.1, 0.15) is 6.04 Å². The second-order valence-electron chi connectivity index (χ2n) is 4.13. The molecule has 0 bridgehead atoms. The smallest absolute Gasteiger partial charge is 0.320 e. The van der Waals surface area contributed by atoms with Crippen LogP contribution in [0.3, 0.4) is 0 Å². The van der Waals surface area contributed by atoms with E-state index >= 15 is 0 Å². The molecule has 0 amide bonds. The van der Waals surface area contributed by atoms with E-state index in [-0.39, 0.29) is 12.0 Å². The lowest BCUT2D eigenvalue weighted by Gasteiger charge is -2.06. The number of aromatic amines is 1. The highest BCUT2D eigenvalue weighted by Gasteiger charge is 2.12. The van der Waals surface area contributed by atoms with Gasteiger partial charge in [-0.2, -0.15) is 0 Å². The zero-order valence-corrected chi connectivity index (χ0v) is 10.0. The highest BCUT2D eigenvalue weighted by Crippen LogP contribution is 2.13. The number of carbonyl (C=O) groups is 1. The highest BCUT2D eigenvalue weighted by molar-refractivity contribution is 5.73. The van der Waals surface area contributed by atoms with E-state index in [1.807, 2.05) is 0 Å². The number of rotatable bonds is 4. The molecule has 0 radical (unpaired) electrons. The molecule has 6 nitrogen and oxygen atoms in total. The van der Waals surface area contributed by atoms with Crippen LogP contribution < -0.4 is 11.3 Å². The maximum absolute atomic E-state index is 11.2. The molecule has 2 heterocycles. The van der Waals surface area contributed by atoms with Crippen LogP contribution in [-0.2, 0) is 11.2 Å². The van der Waals surface area contributed by atoms with Crippen molar-refractivity contribution in [2.75, 3.05) is 0 Å². The number of aromatic nitrogens is 2. The van der Waals surface area contributed by atoms with Crippen LogP contribution >= 0.6 is 0 Å². The normalized spacial score (nSPS) is 12.1. The summed E-state index contributed by atoms with van der Waals surface area (Å²) < 4.78 is 0. The van der Waals surface area contributed by atoms with Crippen LogP contribution in [0.5, 0.6) is 0 Å². The van der Waals surface area contributed by atoms with Crippen molar-refractivity contribution in [3.8, 4) is 11.4 Å². The Kier molecular flexibility index (Phi) is 3.72. The molecule has 2 rings (SSSR count). The molecule has 19 heavy (non-hydrogen) atoms. The summed E-state index contributed by atoms with van der Waals surface area (Å²) in [5, 5.41) is 8.72. The summed E-state index contributed by atoms with van der Waals surface area (Å²) in [6.45, 7) is 0. The fraction of sp³-hybridized carbons (Fsp3) is 0.154. The lowest BCUT2D eigenvalue weighted by Crippen LogP contribution is -2.32. The standard InChI is InChI=1S/C13H13N3O3/c14-9(13(18)19)6-8-4-5-10(15-7-8)11-2-1-3-12(17)16-11/h1-5,7,9H,6,14H2,(H,16,17)(H,18,19). The van der Waals surface area contributed by atoms with Crippen LogP contribution in [0.1, 0.15) is 5.56 Å². The third-order valence-electron chi connectivity index (χ3n) is 2.64. The second-order valence-corrected chi connectivity index (χ2v) is 4.13. The molecule has 2 aromatic rings. The van der Waals surface area contributed by atoms with Crippen LogP contribution in [0.2, 0.25) is 0 Å². The number of hydrogen-bond acceptors (Lipinski definition) is 4. The Morgan fingerprint density at radius 1 is 1.37 bits per heavy atom. The molecule has 4 N–H and O–H groups in total. The Labute approximate surface area is 108 Å². The summed E-state index contributed by atoms with van der Waals surface area (Å²) >= 11 is 0. The molecule has 0 aromatic carbocycles. The average Bonchev–Trinajstić information content (AvgIpc) is 2.39. The number of carboxylic acids is 1. The summed E-state index contributed by atoms with van der Waals surface area (Å²) in [6.07, 6.45) is 1.78. The minimum Gasteiger partial charge on any atom is -0.480 e. The molecule has 0 aliphatic rings. The van der Waals surface area contributed by atoms with Gasteiger partial charge in [-0.15, -0.1) is 0 Å². The van der Waals surface area contributed by atoms with E-state index in [1.165, 1.54) is 6.07 Å². The van der Waals surface area contributed by atoms with Gasteiger partial charge in [0.15, 0.2) is 0 Å². The van der Waals surface area contributed by atoms with Crippen molar-refractivity contribution in [2.45, 2.75) is 12.5 Å². The molecule has 1 atom stereocenters. The van der Waals surface area contributed by atoms with Gasteiger partial charge in [-0.05, 0) is 24.1 Å². The van der Waals surface area contributed by atoms with E-state index in [1.54, 1.807) is 30.5 Å². The minimum atomic E-state index is -1.04. The molecule has 0 saturated carbocycles. The molecule has 0 aliphatic carbocycles. The molecular weight excluding hydrogens is 246 g/mol. The fourth-order valence-corrected chi connectivity index (χ4v) is 1.64. The SMILES string of the molecule is NC(Cc1ccc(-c2cccc(=O)[nH]2)nc1)C(=O)O. The molecule has 2 aromatic heterocycles. The molecular formula is C13H13N3O3. The van der Waals surface area contributed by atoms with Gasteiger partial charge in [0.2, 0.25) is 5.56 Å². The third-order valence-corrected chi connectivity index (χ3v) is 2.64. The first-order valence-corrected chi connectivity index (χ1v) is 5.69. The first kappa shape index (κ1) is 13.0. The lowest BCUT2D eigenvalue weighted by molar-refractivity contribution is -0.138.